The average molecular weight is 1030 g/mol. The molecule has 8 bridgehead atoms. The van der Waals surface area contributed by atoms with Crippen LogP contribution >= 0.6 is 0 Å². The van der Waals surface area contributed by atoms with Crippen LogP contribution in [0, 0.1) is 0 Å². The summed E-state index contributed by atoms with van der Waals surface area (Å²) in [6.45, 7) is 14.2. The predicted molar refractivity (Wildman–Crippen MR) is 231 cm³/mol. The van der Waals surface area contributed by atoms with Crippen molar-refractivity contribution in [2.75, 3.05) is 52.9 Å². The molecular formula is C33H58N2O20Si8. The summed E-state index contributed by atoms with van der Waals surface area (Å²) in [5, 5.41) is 8.79. The molecule has 0 aromatic heterocycles. The van der Waals surface area contributed by atoms with Gasteiger partial charge in [0.2, 0.25) is 0 Å². The summed E-state index contributed by atoms with van der Waals surface area (Å²) in [5.74, 6) is 0.580. The van der Waals surface area contributed by atoms with Crippen LogP contribution in [0.3, 0.4) is 0 Å². The molecule has 6 fully saturated rings. The number of nitrogens with zero attached hydrogens (tertiary/aromatic N) is 2. The van der Waals surface area contributed by atoms with E-state index in [1.54, 1.807) is 60.6 Å². The first-order valence-electron chi connectivity index (χ1n) is 21.5. The van der Waals surface area contributed by atoms with Gasteiger partial charge in [-0.15, -0.1) is 0 Å². The van der Waals surface area contributed by atoms with Crippen LogP contribution in [-0.4, -0.2) is 125 Å². The van der Waals surface area contributed by atoms with Crippen LogP contribution in [0.15, 0.2) is 58.8 Å². The van der Waals surface area contributed by atoms with Gasteiger partial charge in [-0.05, 0) is 110 Å². The van der Waals surface area contributed by atoms with Crippen LogP contribution < -0.4 is 4.74 Å². The van der Waals surface area contributed by atoms with Gasteiger partial charge >= 0.3 is 72.1 Å². The second-order valence-electron chi connectivity index (χ2n) is 13.9. The molecule has 0 aliphatic carbocycles. The molecule has 63 heavy (non-hydrogen) atoms. The summed E-state index contributed by atoms with van der Waals surface area (Å²) < 4.78 is 132. The lowest BCUT2D eigenvalue weighted by atomic mass is 10.1. The second-order valence-corrected chi connectivity index (χ2v) is 34.5. The summed E-state index contributed by atoms with van der Waals surface area (Å²) in [4.78, 5) is 0. The van der Waals surface area contributed by atoms with E-state index in [0.29, 0.717) is 11.4 Å². The summed E-state index contributed by atoms with van der Waals surface area (Å²) >= 11 is 0. The average Bonchev–Trinajstić information content (AvgIpc) is 3.19. The van der Waals surface area contributed by atoms with Crippen molar-refractivity contribution in [1.29, 1.82) is 0 Å². The van der Waals surface area contributed by atoms with Gasteiger partial charge < -0.3 is 85.1 Å². The van der Waals surface area contributed by atoms with E-state index >= 15 is 0 Å². The lowest BCUT2D eigenvalue weighted by molar-refractivity contribution is -0.154. The highest BCUT2D eigenvalue weighted by Gasteiger charge is 2.90. The smallest absolute Gasteiger partial charge is 0.494 e. The zero-order valence-electron chi connectivity index (χ0n) is 36.9. The van der Waals surface area contributed by atoms with Gasteiger partial charge in [-0.25, -0.2) is 0 Å². The molecule has 0 saturated carbocycles. The predicted octanol–water partition coefficient (Wildman–Crippen LogP) is 5.72. The van der Waals surface area contributed by atoms with E-state index in [9.17, 15) is 0 Å². The maximum Gasteiger partial charge on any atom is 0.662 e. The highest BCUT2D eigenvalue weighted by atomic mass is 28.6. The lowest BCUT2D eigenvalue weighted by Gasteiger charge is -2.58. The monoisotopic (exact) mass is 1030 g/mol. The molecule has 0 spiro atoms. The Bertz CT molecular complexity index is 1700. The molecule has 0 radical (unpaired) electrons. The minimum Gasteiger partial charge on any atom is -0.494 e. The van der Waals surface area contributed by atoms with E-state index in [0.717, 1.165) is 24.9 Å². The number of azo groups is 1. The molecule has 8 rings (SSSR count). The molecule has 6 heterocycles. The Kier molecular flexibility index (Phi) is 16.6. The first-order valence-corrected chi connectivity index (χ1v) is 34.9. The van der Waals surface area contributed by atoms with Crippen LogP contribution in [0.25, 0.3) is 0 Å². The molecule has 0 unspecified atom stereocenters. The Labute approximate surface area is 377 Å². The maximum absolute atomic E-state index is 7.03. The van der Waals surface area contributed by atoms with Crippen molar-refractivity contribution in [2.45, 2.75) is 87.1 Å². The first-order chi connectivity index (χ1) is 30.4. The first kappa shape index (κ1) is 49.7. The molecule has 6 aliphatic rings. The molecule has 6 aliphatic heterocycles. The van der Waals surface area contributed by atoms with Crippen molar-refractivity contribution in [3.05, 3.63) is 54.1 Å². The quantitative estimate of drug-likeness (QED) is 0.0699. The molecule has 22 nitrogen and oxygen atoms in total. The third-order valence-corrected chi connectivity index (χ3v) is 39.3. The lowest BCUT2D eigenvalue weighted by Crippen LogP contribution is -2.90. The van der Waals surface area contributed by atoms with E-state index in [1.807, 2.05) is 24.3 Å². The van der Waals surface area contributed by atoms with Gasteiger partial charge in [0.25, 0.3) is 0 Å². The van der Waals surface area contributed by atoms with Gasteiger partial charge in [0, 0.05) is 52.3 Å². The van der Waals surface area contributed by atoms with Crippen molar-refractivity contribution in [3.8, 4) is 5.75 Å². The third-order valence-electron chi connectivity index (χ3n) is 9.11. The van der Waals surface area contributed by atoms with E-state index in [-0.39, 0.29) is 65.3 Å². The fraction of sp³-hybridized carbons (Fsp3) is 0.636. The van der Waals surface area contributed by atoms with E-state index < -0.39 is 72.1 Å². The molecular weight excluding hydrogens is 969 g/mol. The van der Waals surface area contributed by atoms with Gasteiger partial charge in [-0.1, -0.05) is 25.5 Å². The molecule has 30 heteroatoms. The zero-order chi connectivity index (χ0) is 44.7. The largest absolute Gasteiger partial charge is 0.662 e. The van der Waals surface area contributed by atoms with Crippen LogP contribution in [0.5, 0.6) is 5.75 Å². The fourth-order valence-electron chi connectivity index (χ4n) is 6.77. The Morgan fingerprint density at radius 3 is 1.03 bits per heavy atom. The molecule has 0 amide bonds. The van der Waals surface area contributed by atoms with Crippen LogP contribution in [0.4, 0.5) is 11.4 Å². The van der Waals surface area contributed by atoms with Gasteiger partial charge in [0.15, 0.2) is 0 Å². The van der Waals surface area contributed by atoms with Crippen molar-refractivity contribution >= 4 is 83.5 Å². The van der Waals surface area contributed by atoms with Crippen LogP contribution in [0.2, 0.25) is 6.04 Å². The van der Waals surface area contributed by atoms with E-state index in [4.69, 9.17) is 85.1 Å². The van der Waals surface area contributed by atoms with Crippen molar-refractivity contribution in [3.63, 3.8) is 0 Å². The maximum atomic E-state index is 7.03. The molecule has 352 valence electrons. The number of unbranched alkanes of at least 4 members (excludes halogenated alkanes) is 1. The summed E-state index contributed by atoms with van der Waals surface area (Å²) in [7, 11) is -38.0. The summed E-state index contributed by atoms with van der Waals surface area (Å²) in [6.07, 6.45) is 3.60. The number of rotatable bonds is 24. The third kappa shape index (κ3) is 11.4. The number of aryl methyl sites for hydroxylation is 1. The Morgan fingerprint density at radius 2 is 0.714 bits per heavy atom. The topological polar surface area (TPSA) is 209 Å². The van der Waals surface area contributed by atoms with Crippen molar-refractivity contribution in [1.82, 2.24) is 0 Å². The molecule has 0 atom stereocenters. The fourth-order valence-corrected chi connectivity index (χ4v) is 44.6. The van der Waals surface area contributed by atoms with E-state index in [2.05, 4.69) is 29.3 Å². The molecule has 2 aromatic rings. The Balaban J connectivity index is 1.23. The van der Waals surface area contributed by atoms with Crippen molar-refractivity contribution < 1.29 is 85.1 Å². The highest BCUT2D eigenvalue weighted by molar-refractivity contribution is 6.98. The standard InChI is InChI=1S/C33H58N2O20Si8/c1-9-17-19-30-20-22-31(23-21-30)34-35-32-24-26-33(27-25-32)36-28-18-29-56-44-57(37-10-2)47-60(40-13-5)49-58(45-56,38-11-3)51-62(42-15-7)52-59(46-56,39-12-4)50-61(48-57,41-14-6)54-63(53-60,55-62)43-16-8/h20-27H,9-19,28-29H2,1-8H3. The minimum absolute atomic E-state index is 0.00608. The molecule has 2 aromatic carbocycles. The second kappa shape index (κ2) is 21.0. The summed E-state index contributed by atoms with van der Waals surface area (Å²) in [6, 6.07) is 15.3. The number of ether oxygens (including phenoxy) is 1. The van der Waals surface area contributed by atoms with Gasteiger partial charge in [0.1, 0.15) is 5.75 Å². The van der Waals surface area contributed by atoms with E-state index in [1.165, 1.54) is 5.56 Å². The Hall–Kier alpha value is -1.18. The number of hydrogen-bond acceptors (Lipinski definition) is 22. The van der Waals surface area contributed by atoms with Crippen molar-refractivity contribution in [2.24, 2.45) is 10.2 Å². The molecule has 6 saturated heterocycles. The van der Waals surface area contributed by atoms with Gasteiger partial charge in [-0.2, -0.15) is 10.2 Å². The SMILES string of the molecule is CCCCc1ccc(N=Nc2ccc(OCCC[Si]34O[Si]5(OCC)O[Si]6(OCC)O[Si](OCC)(O3)O[Si]3(OCC)O[Si](OCC)(O4)O[Si](OCC)(O5)O[Si](OCC)(O6)O3)cc2)cc1. The van der Waals surface area contributed by atoms with Crippen LogP contribution in [-0.2, 0) is 86.8 Å². The van der Waals surface area contributed by atoms with Gasteiger partial charge in [-0.3, -0.25) is 0 Å². The Morgan fingerprint density at radius 1 is 0.397 bits per heavy atom. The summed E-state index contributed by atoms with van der Waals surface area (Å²) in [5.41, 5.74) is 2.71. The van der Waals surface area contributed by atoms with Crippen LogP contribution in [0.1, 0.15) is 80.2 Å². The minimum atomic E-state index is -4.79. The zero-order valence-corrected chi connectivity index (χ0v) is 44.9. The number of benzene rings is 2. The highest BCUT2D eigenvalue weighted by Crippen LogP contribution is 2.50. The van der Waals surface area contributed by atoms with Gasteiger partial charge in [0.05, 0.1) is 18.0 Å². The normalized spacial score (nSPS) is 35.9. The molecule has 0 N–H and O–H groups in total. The number of hydrogen-bond donors (Lipinski definition) is 0.